The molecule has 78 valence electrons. The summed E-state index contributed by atoms with van der Waals surface area (Å²) < 4.78 is 0. The van der Waals surface area contributed by atoms with Crippen molar-refractivity contribution in [2.24, 2.45) is 5.73 Å². The second-order valence-electron chi connectivity index (χ2n) is 3.07. The van der Waals surface area contributed by atoms with Crippen LogP contribution in [0.3, 0.4) is 0 Å². The van der Waals surface area contributed by atoms with E-state index in [1.54, 1.807) is 0 Å². The molecule has 2 rings (SSSR count). The van der Waals surface area contributed by atoms with Gasteiger partial charge in [0.25, 0.3) is 0 Å². The van der Waals surface area contributed by atoms with Gasteiger partial charge in [0, 0.05) is 0 Å². The van der Waals surface area contributed by atoms with E-state index in [1.165, 1.54) is 11.1 Å². The van der Waals surface area contributed by atoms with Crippen LogP contribution in [0.25, 0.3) is 0 Å². The second-order valence-corrected chi connectivity index (χ2v) is 3.07. The van der Waals surface area contributed by atoms with Crippen LogP contribution in [-0.4, -0.2) is 11.4 Å². The minimum Gasteiger partial charge on any atom is -0.486 e. The molecule has 2 N–H and O–H groups in total. The maximum absolute atomic E-state index is 4.25. The summed E-state index contributed by atoms with van der Waals surface area (Å²) in [5, 5.41) is 0. The Morgan fingerprint density at radius 1 is 1.14 bits per heavy atom. The SMILES string of the molecule is [CH2-]N.[CH2-]N1CCc2ccccc2C1.[Os+2]. The van der Waals surface area contributed by atoms with E-state index in [0.717, 1.165) is 19.5 Å². The standard InChI is InChI=1S/C10H12N.CH4N.Os/c1-11-7-6-9-4-2-3-5-10(9)8-11;1-2;/h2-5H,1,6-8H2;1-2H2;/q2*-1;+2. The van der Waals surface area contributed by atoms with Crippen LogP contribution in [0.4, 0.5) is 0 Å². The number of hydrogen-bond acceptors (Lipinski definition) is 2. The summed E-state index contributed by atoms with van der Waals surface area (Å²) in [6.45, 7) is 2.10. The summed E-state index contributed by atoms with van der Waals surface area (Å²) in [5.41, 5.74) is 7.18. The molecule has 2 nitrogen and oxygen atoms in total. The van der Waals surface area contributed by atoms with Crippen LogP contribution in [0.5, 0.6) is 0 Å². The van der Waals surface area contributed by atoms with Gasteiger partial charge >= 0.3 is 19.8 Å². The Kier molecular flexibility index (Phi) is 7.01. The maximum Gasteiger partial charge on any atom is 2.00 e. The van der Waals surface area contributed by atoms with Gasteiger partial charge in [-0.1, -0.05) is 24.3 Å². The molecule has 1 aromatic rings. The zero-order valence-electron chi connectivity index (χ0n) is 8.22. The average Bonchev–Trinajstić information content (AvgIpc) is 2.21. The average molecular weight is 366 g/mol. The molecule has 0 bridgehead atoms. The summed E-state index contributed by atoms with van der Waals surface area (Å²) in [4.78, 5) is 2.11. The third-order valence-electron chi connectivity index (χ3n) is 2.21. The Hall–Kier alpha value is -0.224. The summed E-state index contributed by atoms with van der Waals surface area (Å²) in [6, 6.07) is 8.60. The molecular formula is C11H16N2Os. The smallest absolute Gasteiger partial charge is 0.486 e. The predicted octanol–water partition coefficient (Wildman–Crippen LogP) is 1.57. The van der Waals surface area contributed by atoms with Gasteiger partial charge in [0.1, 0.15) is 0 Å². The summed E-state index contributed by atoms with van der Waals surface area (Å²) in [5.74, 6) is 0. The maximum atomic E-state index is 4.25. The van der Waals surface area contributed by atoms with Crippen molar-refractivity contribution in [3.63, 3.8) is 0 Å². The van der Waals surface area contributed by atoms with E-state index in [9.17, 15) is 0 Å². The number of rotatable bonds is 0. The molecule has 0 aliphatic carbocycles. The monoisotopic (exact) mass is 368 g/mol. The first-order valence-corrected chi connectivity index (χ1v) is 4.39. The van der Waals surface area contributed by atoms with Gasteiger partial charge in [-0.15, -0.1) is 0 Å². The summed E-state index contributed by atoms with van der Waals surface area (Å²) in [6.07, 6.45) is 1.15. The Labute approximate surface area is 99.5 Å². The molecule has 1 aromatic carbocycles. The molecule has 14 heavy (non-hydrogen) atoms. The fourth-order valence-corrected chi connectivity index (χ4v) is 1.55. The van der Waals surface area contributed by atoms with Crippen molar-refractivity contribution in [2.45, 2.75) is 13.0 Å². The van der Waals surface area contributed by atoms with Crippen LogP contribution in [0, 0.1) is 14.1 Å². The van der Waals surface area contributed by atoms with Crippen molar-refractivity contribution < 1.29 is 19.8 Å². The van der Waals surface area contributed by atoms with Gasteiger partial charge in [-0.25, -0.2) is 0 Å². The van der Waals surface area contributed by atoms with Gasteiger partial charge in [0.2, 0.25) is 0 Å². The topological polar surface area (TPSA) is 29.3 Å². The second kappa shape index (κ2) is 7.12. The molecule has 0 fully saturated rings. The molecule has 0 aromatic heterocycles. The van der Waals surface area contributed by atoms with Crippen LogP contribution in [-0.2, 0) is 32.8 Å². The Bertz CT molecular complexity index is 263. The van der Waals surface area contributed by atoms with Crippen LogP contribution >= 0.6 is 0 Å². The van der Waals surface area contributed by atoms with E-state index < -0.39 is 0 Å². The van der Waals surface area contributed by atoms with Crippen molar-refractivity contribution >= 4 is 0 Å². The van der Waals surface area contributed by atoms with Crippen LogP contribution in [0.15, 0.2) is 24.3 Å². The van der Waals surface area contributed by atoms with Gasteiger partial charge in [0.05, 0.1) is 0 Å². The van der Waals surface area contributed by atoms with Gasteiger partial charge in [-0.2, -0.15) is 0 Å². The number of nitrogens with two attached hydrogens (primary N) is 1. The molecule has 1 heterocycles. The van der Waals surface area contributed by atoms with Gasteiger partial charge in [0.15, 0.2) is 0 Å². The van der Waals surface area contributed by atoms with Gasteiger partial charge < -0.3 is 10.6 Å². The van der Waals surface area contributed by atoms with Gasteiger partial charge in [-0.3, -0.25) is 14.1 Å². The zero-order chi connectivity index (χ0) is 9.68. The third-order valence-corrected chi connectivity index (χ3v) is 2.21. The number of benzene rings is 1. The molecule has 0 radical (unpaired) electrons. The van der Waals surface area contributed by atoms with Crippen molar-refractivity contribution in [3.8, 4) is 0 Å². The first-order valence-electron chi connectivity index (χ1n) is 4.39. The minimum atomic E-state index is 0. The van der Waals surface area contributed by atoms with Gasteiger partial charge in [-0.05, 0) is 30.6 Å². The third kappa shape index (κ3) is 3.50. The number of nitrogens with zero attached hydrogens (tertiary/aromatic N) is 1. The number of hydrogen-bond donors (Lipinski definition) is 1. The molecule has 0 saturated carbocycles. The van der Waals surface area contributed by atoms with E-state index in [-0.39, 0.29) is 19.8 Å². The minimum absolute atomic E-state index is 0. The summed E-state index contributed by atoms with van der Waals surface area (Å²) in [7, 11) is 6.68. The zero-order valence-corrected chi connectivity index (χ0v) is 10.8. The van der Waals surface area contributed by atoms with Crippen LogP contribution in [0.1, 0.15) is 11.1 Å². The predicted molar refractivity (Wildman–Crippen MR) is 55.5 cm³/mol. The molecular weight excluding hydrogens is 350 g/mol. The van der Waals surface area contributed by atoms with Crippen molar-refractivity contribution in [1.82, 2.24) is 4.90 Å². The Morgan fingerprint density at radius 2 is 1.71 bits per heavy atom. The molecule has 0 unspecified atom stereocenters. The van der Waals surface area contributed by atoms with E-state index in [0.29, 0.717) is 0 Å². The first kappa shape index (κ1) is 13.8. The molecule has 1 aliphatic rings. The molecule has 1 aliphatic heterocycles. The van der Waals surface area contributed by atoms with E-state index in [2.05, 4.69) is 49.0 Å². The fourth-order valence-electron chi connectivity index (χ4n) is 1.55. The van der Waals surface area contributed by atoms with Crippen molar-refractivity contribution in [3.05, 3.63) is 49.5 Å². The molecule has 0 atom stereocenters. The molecule has 0 spiro atoms. The van der Waals surface area contributed by atoms with Crippen molar-refractivity contribution in [1.29, 1.82) is 0 Å². The van der Waals surface area contributed by atoms with E-state index in [1.807, 2.05) is 0 Å². The normalized spacial score (nSPS) is 14.5. The molecule has 0 amide bonds. The fraction of sp³-hybridized carbons (Fsp3) is 0.273. The van der Waals surface area contributed by atoms with E-state index >= 15 is 0 Å². The quantitative estimate of drug-likeness (QED) is 0.707. The number of fused-ring (bicyclic) bond motifs is 1. The Balaban J connectivity index is 0.000000531. The largest absolute Gasteiger partial charge is 2.00 e. The van der Waals surface area contributed by atoms with E-state index in [4.69, 9.17) is 0 Å². The van der Waals surface area contributed by atoms with Crippen LogP contribution < -0.4 is 5.73 Å². The first-order chi connectivity index (χ1) is 6.36. The van der Waals surface area contributed by atoms with Crippen LogP contribution in [0.2, 0.25) is 0 Å². The molecule has 0 saturated heterocycles. The summed E-state index contributed by atoms with van der Waals surface area (Å²) >= 11 is 0. The Morgan fingerprint density at radius 3 is 2.36 bits per heavy atom. The molecule has 3 heteroatoms. The van der Waals surface area contributed by atoms with Crippen molar-refractivity contribution in [2.75, 3.05) is 6.54 Å².